The largest absolute Gasteiger partial charge is 0.465 e. The topological polar surface area (TPSA) is 97.3 Å². The molecule has 1 aromatic carbocycles. The molecule has 30 heavy (non-hydrogen) atoms. The van der Waals surface area contributed by atoms with Crippen molar-refractivity contribution in [3.8, 4) is 0 Å². The van der Waals surface area contributed by atoms with Gasteiger partial charge in [-0.15, -0.1) is 4.59 Å². The van der Waals surface area contributed by atoms with Gasteiger partial charge in [0, 0.05) is 24.9 Å². The van der Waals surface area contributed by atoms with E-state index in [2.05, 4.69) is 4.99 Å². The maximum absolute atomic E-state index is 12.3. The smallest absolute Gasteiger partial charge is 0.337 e. The summed E-state index contributed by atoms with van der Waals surface area (Å²) < 4.78 is 4.71. The fraction of sp³-hybridized carbons (Fsp3) is 0.364. The molecule has 1 aromatic rings. The van der Waals surface area contributed by atoms with Crippen LogP contribution in [0.4, 0.5) is 0 Å². The number of carbonyl (C=O) groups excluding carboxylic acids is 2. The highest BCUT2D eigenvalue weighted by Crippen LogP contribution is 2.40. The Labute approximate surface area is 174 Å². The van der Waals surface area contributed by atoms with Crippen molar-refractivity contribution in [2.75, 3.05) is 13.7 Å². The minimum absolute atomic E-state index is 0.0652. The highest BCUT2D eigenvalue weighted by Gasteiger charge is 2.47. The first-order valence-electron chi connectivity index (χ1n) is 10.2. The predicted octanol–water partition coefficient (Wildman–Crippen LogP) is 2.09. The molecule has 0 radical (unpaired) electrons. The van der Waals surface area contributed by atoms with Gasteiger partial charge in [0.25, 0.3) is 5.84 Å². The summed E-state index contributed by atoms with van der Waals surface area (Å²) in [5.41, 5.74) is 3.03. The van der Waals surface area contributed by atoms with Gasteiger partial charge in [-0.3, -0.25) is 9.79 Å². The average Bonchev–Trinajstić information content (AvgIpc) is 3.30. The number of rotatable bonds is 3. The summed E-state index contributed by atoms with van der Waals surface area (Å²) in [6.45, 7) is 0.679. The van der Waals surface area contributed by atoms with E-state index >= 15 is 0 Å². The van der Waals surface area contributed by atoms with Crippen LogP contribution in [0.25, 0.3) is 0 Å². The number of hydrogen-bond donors (Lipinski definition) is 1. The Morgan fingerprint density at radius 1 is 1.23 bits per heavy atom. The second-order valence-electron chi connectivity index (χ2n) is 8.14. The van der Waals surface area contributed by atoms with E-state index in [1.54, 1.807) is 24.5 Å². The molecule has 0 aromatic heterocycles. The zero-order valence-corrected chi connectivity index (χ0v) is 16.8. The lowest BCUT2D eigenvalue weighted by molar-refractivity contribution is -0.750. The van der Waals surface area contributed by atoms with Crippen LogP contribution in [-0.4, -0.2) is 53.1 Å². The molecule has 2 N–H and O–H groups in total. The summed E-state index contributed by atoms with van der Waals surface area (Å²) in [5.74, 6) is 7.45. The van der Waals surface area contributed by atoms with Crippen molar-refractivity contribution in [1.82, 2.24) is 4.90 Å². The van der Waals surface area contributed by atoms with Crippen LogP contribution in [0.1, 0.15) is 41.6 Å². The van der Waals surface area contributed by atoms with E-state index in [1.807, 2.05) is 23.2 Å². The standard InChI is InChI=1S/C22H24N5O3/c1-30-22(29)15-4-2-14(3-5-15)21-25-20(18-12-24-10-11-27(18,21)23)16-6-7-17-8-9-19(28)26(17)13-16/h2-5,10-12,16-17H,6-9,13,23H2,1H3/q+1/t16-,17+,27?/m1/s1. The van der Waals surface area contributed by atoms with E-state index in [1.165, 1.54) is 7.11 Å². The molecule has 0 aliphatic carbocycles. The normalized spacial score (nSPS) is 29.7. The third-order valence-electron chi connectivity index (χ3n) is 6.49. The molecule has 4 aliphatic heterocycles. The molecule has 1 unspecified atom stereocenters. The quantitative estimate of drug-likeness (QED) is 0.472. The van der Waals surface area contributed by atoms with E-state index in [9.17, 15) is 9.59 Å². The number of piperidine rings is 1. The number of amides is 1. The first kappa shape index (κ1) is 18.9. The number of benzene rings is 1. The molecular formula is C22H24N5O3+. The molecule has 0 spiro atoms. The Kier molecular flexibility index (Phi) is 4.41. The first-order valence-corrected chi connectivity index (χ1v) is 10.2. The van der Waals surface area contributed by atoms with Crippen molar-refractivity contribution in [2.24, 2.45) is 21.7 Å². The molecule has 2 fully saturated rings. The van der Waals surface area contributed by atoms with Crippen LogP contribution < -0.4 is 5.84 Å². The maximum Gasteiger partial charge on any atom is 0.337 e. The lowest BCUT2D eigenvalue weighted by Crippen LogP contribution is -2.53. The molecule has 2 saturated heterocycles. The SMILES string of the molecule is COC(=O)c1ccc(C2=NC([C@@H]3CC[C@H]4CCC(=O)N4C3)=C3C=NC=C[N+]23N)cc1. The summed E-state index contributed by atoms with van der Waals surface area (Å²) in [5, 5.41) is 0. The van der Waals surface area contributed by atoms with Crippen molar-refractivity contribution in [3.63, 3.8) is 0 Å². The third-order valence-corrected chi connectivity index (χ3v) is 6.49. The predicted molar refractivity (Wildman–Crippen MR) is 111 cm³/mol. The number of allylic oxidation sites excluding steroid dienone is 1. The molecule has 5 rings (SSSR count). The Balaban J connectivity index is 1.51. The number of methoxy groups -OCH3 is 1. The zero-order valence-electron chi connectivity index (χ0n) is 16.8. The summed E-state index contributed by atoms with van der Waals surface area (Å²) in [4.78, 5) is 35.3. The van der Waals surface area contributed by atoms with E-state index in [4.69, 9.17) is 15.6 Å². The summed E-state index contributed by atoms with van der Waals surface area (Å²) in [7, 11) is 1.36. The molecule has 4 aliphatic rings. The highest BCUT2D eigenvalue weighted by atomic mass is 16.5. The number of ether oxygens (including phenoxy) is 1. The van der Waals surface area contributed by atoms with E-state index in [0.717, 1.165) is 36.2 Å². The van der Waals surface area contributed by atoms with Gasteiger partial charge in [0.2, 0.25) is 11.6 Å². The van der Waals surface area contributed by atoms with Crippen molar-refractivity contribution in [1.29, 1.82) is 0 Å². The average molecular weight is 406 g/mol. The molecule has 1 amide bonds. The molecule has 8 heteroatoms. The number of aliphatic imine (C=N–C) groups is 2. The number of quaternary nitrogens is 1. The Hall–Kier alpha value is -3.10. The van der Waals surface area contributed by atoms with Gasteiger partial charge in [-0.05, 0) is 43.5 Å². The van der Waals surface area contributed by atoms with Gasteiger partial charge in [-0.25, -0.2) is 4.79 Å². The van der Waals surface area contributed by atoms with E-state index < -0.39 is 0 Å². The van der Waals surface area contributed by atoms with Gasteiger partial charge in [0.15, 0.2) is 0 Å². The summed E-state index contributed by atoms with van der Waals surface area (Å²) >= 11 is 0. The fourth-order valence-corrected chi connectivity index (χ4v) is 4.87. The second kappa shape index (κ2) is 7.00. The minimum atomic E-state index is -0.386. The number of nitrogens with zero attached hydrogens (tertiary/aromatic N) is 4. The Morgan fingerprint density at radius 3 is 2.80 bits per heavy atom. The van der Waals surface area contributed by atoms with Crippen LogP contribution in [0, 0.1) is 5.92 Å². The van der Waals surface area contributed by atoms with Crippen LogP contribution in [0.3, 0.4) is 0 Å². The van der Waals surface area contributed by atoms with Crippen molar-refractivity contribution >= 4 is 23.9 Å². The number of hydrogen-bond acceptors (Lipinski definition) is 6. The molecule has 8 nitrogen and oxygen atoms in total. The summed E-state index contributed by atoms with van der Waals surface area (Å²) in [6, 6.07) is 7.46. The van der Waals surface area contributed by atoms with Gasteiger partial charge in [-0.2, -0.15) is 10.8 Å². The number of esters is 1. The molecular weight excluding hydrogens is 382 g/mol. The molecule has 154 valence electrons. The Bertz CT molecular complexity index is 1040. The number of carbonyl (C=O) groups is 2. The van der Waals surface area contributed by atoms with Crippen molar-refractivity contribution < 1.29 is 18.9 Å². The molecule has 0 bridgehead atoms. The maximum atomic E-state index is 12.3. The van der Waals surface area contributed by atoms with Gasteiger partial charge < -0.3 is 9.64 Å². The van der Waals surface area contributed by atoms with Crippen molar-refractivity contribution in [3.05, 3.63) is 59.2 Å². The van der Waals surface area contributed by atoms with Crippen LogP contribution in [0.2, 0.25) is 0 Å². The van der Waals surface area contributed by atoms with E-state index in [-0.39, 0.29) is 22.4 Å². The van der Waals surface area contributed by atoms with Crippen LogP contribution in [-0.2, 0) is 9.53 Å². The lowest BCUT2D eigenvalue weighted by atomic mass is 9.90. The minimum Gasteiger partial charge on any atom is -0.465 e. The second-order valence-corrected chi connectivity index (χ2v) is 8.14. The molecule has 4 heterocycles. The lowest BCUT2D eigenvalue weighted by Gasteiger charge is -2.35. The van der Waals surface area contributed by atoms with Crippen LogP contribution >= 0.6 is 0 Å². The highest BCUT2D eigenvalue weighted by molar-refractivity contribution is 6.01. The molecule has 0 saturated carbocycles. The monoisotopic (exact) mass is 406 g/mol. The number of nitrogens with two attached hydrogens (primary N) is 1. The van der Waals surface area contributed by atoms with Crippen molar-refractivity contribution in [2.45, 2.75) is 31.7 Å². The van der Waals surface area contributed by atoms with Gasteiger partial charge >= 0.3 is 5.97 Å². The molecule has 3 atom stereocenters. The van der Waals surface area contributed by atoms with Crippen LogP contribution in [0.5, 0.6) is 0 Å². The van der Waals surface area contributed by atoms with Gasteiger partial charge in [0.1, 0.15) is 11.9 Å². The first-order chi connectivity index (χ1) is 14.5. The van der Waals surface area contributed by atoms with Crippen LogP contribution in [0.15, 0.2) is 58.0 Å². The summed E-state index contributed by atoms with van der Waals surface area (Å²) in [6.07, 6.45) is 8.82. The fourth-order valence-electron chi connectivity index (χ4n) is 4.87. The van der Waals surface area contributed by atoms with E-state index in [0.29, 0.717) is 30.4 Å². The van der Waals surface area contributed by atoms with Gasteiger partial charge in [-0.1, -0.05) is 0 Å². The zero-order chi connectivity index (χ0) is 20.9. The Morgan fingerprint density at radius 2 is 2.03 bits per heavy atom. The number of amidine groups is 1. The van der Waals surface area contributed by atoms with Gasteiger partial charge in [0.05, 0.1) is 30.7 Å². The third kappa shape index (κ3) is 2.83. The number of fused-ring (bicyclic) bond motifs is 2.